The summed E-state index contributed by atoms with van der Waals surface area (Å²) in [6.45, 7) is 4.36. The zero-order valence-corrected chi connectivity index (χ0v) is 10.9. The van der Waals surface area contributed by atoms with E-state index in [0.29, 0.717) is 0 Å². The molecule has 1 aromatic rings. The Balaban J connectivity index is 1.73. The Kier molecular flexibility index (Phi) is 4.26. The Morgan fingerprint density at radius 3 is 2.80 bits per heavy atom. The highest BCUT2D eigenvalue weighted by Crippen LogP contribution is 2.15. The lowest BCUT2D eigenvalue weighted by atomic mass is 10.3. The molecule has 0 aromatic heterocycles. The van der Waals surface area contributed by atoms with E-state index in [9.17, 15) is 0 Å². The number of ether oxygens (including phenoxy) is 1. The molecule has 1 aromatic carbocycles. The Hall–Kier alpha value is -0.290. The molecule has 0 aliphatic carbocycles. The van der Waals surface area contributed by atoms with Crippen LogP contribution in [0.2, 0.25) is 0 Å². The van der Waals surface area contributed by atoms with Crippen LogP contribution in [0.4, 0.5) is 0 Å². The van der Waals surface area contributed by atoms with Crippen LogP contribution in [0.1, 0.15) is 12.8 Å². The van der Waals surface area contributed by atoms with E-state index in [1.165, 1.54) is 29.5 Å². The third kappa shape index (κ3) is 3.65. The largest absolute Gasteiger partial charge is 0.492 e. The molecule has 0 spiro atoms. The Morgan fingerprint density at radius 1 is 1.27 bits per heavy atom. The molecule has 0 atom stereocenters. The normalized spacial score (nSPS) is 16.9. The Morgan fingerprint density at radius 2 is 2.07 bits per heavy atom. The molecule has 1 aliphatic rings. The van der Waals surface area contributed by atoms with E-state index in [1.54, 1.807) is 0 Å². The predicted octanol–water partition coefficient (Wildman–Crippen LogP) is 2.77. The first kappa shape index (κ1) is 11.2. The van der Waals surface area contributed by atoms with Crippen molar-refractivity contribution >= 4 is 22.6 Å². The SMILES string of the molecule is Ic1cccc(OCCN2CCCC2)c1. The molecule has 0 unspecified atom stereocenters. The van der Waals surface area contributed by atoms with E-state index in [4.69, 9.17) is 4.74 Å². The van der Waals surface area contributed by atoms with Crippen LogP contribution in [0.3, 0.4) is 0 Å². The molecule has 0 bridgehead atoms. The van der Waals surface area contributed by atoms with E-state index in [0.717, 1.165) is 18.9 Å². The second kappa shape index (κ2) is 5.70. The molecule has 0 N–H and O–H groups in total. The first-order chi connectivity index (χ1) is 7.34. The summed E-state index contributed by atoms with van der Waals surface area (Å²) >= 11 is 2.30. The third-order valence-corrected chi connectivity index (χ3v) is 3.34. The number of hydrogen-bond donors (Lipinski definition) is 0. The molecule has 2 rings (SSSR count). The summed E-state index contributed by atoms with van der Waals surface area (Å²) in [6, 6.07) is 8.21. The molecule has 1 fully saturated rings. The second-order valence-corrected chi connectivity index (χ2v) is 5.10. The molecule has 0 saturated carbocycles. The van der Waals surface area contributed by atoms with Gasteiger partial charge in [-0.15, -0.1) is 0 Å². The lowest BCUT2D eigenvalue weighted by Crippen LogP contribution is -2.25. The molecular weight excluding hydrogens is 301 g/mol. The maximum Gasteiger partial charge on any atom is 0.120 e. The van der Waals surface area contributed by atoms with Crippen molar-refractivity contribution in [1.29, 1.82) is 0 Å². The monoisotopic (exact) mass is 317 g/mol. The third-order valence-electron chi connectivity index (χ3n) is 2.67. The maximum absolute atomic E-state index is 5.70. The molecule has 82 valence electrons. The minimum atomic E-state index is 0.806. The van der Waals surface area contributed by atoms with Gasteiger partial charge in [0, 0.05) is 10.1 Å². The highest BCUT2D eigenvalue weighted by molar-refractivity contribution is 14.1. The summed E-state index contributed by atoms with van der Waals surface area (Å²) in [4.78, 5) is 2.47. The zero-order chi connectivity index (χ0) is 10.5. The Bertz CT molecular complexity index is 310. The van der Waals surface area contributed by atoms with Gasteiger partial charge in [-0.2, -0.15) is 0 Å². The fourth-order valence-corrected chi connectivity index (χ4v) is 2.37. The minimum Gasteiger partial charge on any atom is -0.492 e. The zero-order valence-electron chi connectivity index (χ0n) is 8.79. The second-order valence-electron chi connectivity index (χ2n) is 3.85. The molecule has 1 heterocycles. The fourth-order valence-electron chi connectivity index (χ4n) is 1.86. The molecule has 1 aliphatic heterocycles. The Labute approximate surface area is 105 Å². The molecule has 1 saturated heterocycles. The fraction of sp³-hybridized carbons (Fsp3) is 0.500. The average molecular weight is 317 g/mol. The lowest BCUT2D eigenvalue weighted by Gasteiger charge is -2.14. The van der Waals surface area contributed by atoms with Crippen LogP contribution in [0, 0.1) is 3.57 Å². The number of likely N-dealkylation sites (tertiary alicyclic amines) is 1. The highest BCUT2D eigenvalue weighted by atomic mass is 127. The number of hydrogen-bond acceptors (Lipinski definition) is 2. The number of benzene rings is 1. The van der Waals surface area contributed by atoms with Gasteiger partial charge in [0.2, 0.25) is 0 Å². The molecule has 3 heteroatoms. The standard InChI is InChI=1S/C12H16INO/c13-11-4-3-5-12(10-11)15-9-8-14-6-1-2-7-14/h3-5,10H,1-2,6-9H2. The van der Waals surface area contributed by atoms with Crippen molar-refractivity contribution in [2.45, 2.75) is 12.8 Å². The summed E-state index contributed by atoms with van der Waals surface area (Å²) in [6.07, 6.45) is 2.70. The van der Waals surface area contributed by atoms with E-state index in [2.05, 4.69) is 39.6 Å². The van der Waals surface area contributed by atoms with Crippen molar-refractivity contribution < 1.29 is 4.74 Å². The molecule has 2 nitrogen and oxygen atoms in total. The number of rotatable bonds is 4. The molecule has 0 radical (unpaired) electrons. The first-order valence-electron chi connectivity index (χ1n) is 5.45. The summed E-state index contributed by atoms with van der Waals surface area (Å²) in [5.74, 6) is 0.987. The highest BCUT2D eigenvalue weighted by Gasteiger charge is 2.10. The van der Waals surface area contributed by atoms with Gasteiger partial charge in [0.25, 0.3) is 0 Å². The van der Waals surface area contributed by atoms with Crippen molar-refractivity contribution in [2.75, 3.05) is 26.2 Å². The quantitative estimate of drug-likeness (QED) is 0.792. The number of halogens is 1. The van der Waals surface area contributed by atoms with Gasteiger partial charge in [0.1, 0.15) is 12.4 Å². The minimum absolute atomic E-state index is 0.806. The van der Waals surface area contributed by atoms with Gasteiger partial charge in [-0.05, 0) is 66.7 Å². The smallest absolute Gasteiger partial charge is 0.120 e. The van der Waals surface area contributed by atoms with Crippen molar-refractivity contribution in [3.8, 4) is 5.75 Å². The molecule has 0 amide bonds. The average Bonchev–Trinajstić information content (AvgIpc) is 2.71. The van der Waals surface area contributed by atoms with Crippen LogP contribution in [0.5, 0.6) is 5.75 Å². The van der Waals surface area contributed by atoms with Crippen LogP contribution in [0.15, 0.2) is 24.3 Å². The maximum atomic E-state index is 5.70. The van der Waals surface area contributed by atoms with Gasteiger partial charge in [0.05, 0.1) is 0 Å². The van der Waals surface area contributed by atoms with Gasteiger partial charge in [-0.25, -0.2) is 0 Å². The van der Waals surface area contributed by atoms with Crippen LogP contribution in [-0.4, -0.2) is 31.1 Å². The van der Waals surface area contributed by atoms with E-state index in [-0.39, 0.29) is 0 Å². The van der Waals surface area contributed by atoms with Crippen LogP contribution in [-0.2, 0) is 0 Å². The first-order valence-corrected chi connectivity index (χ1v) is 6.53. The van der Waals surface area contributed by atoms with Gasteiger partial charge >= 0.3 is 0 Å². The van der Waals surface area contributed by atoms with Crippen molar-refractivity contribution in [3.63, 3.8) is 0 Å². The van der Waals surface area contributed by atoms with E-state index >= 15 is 0 Å². The van der Waals surface area contributed by atoms with Crippen LogP contribution < -0.4 is 4.74 Å². The summed E-state index contributed by atoms with van der Waals surface area (Å²) < 4.78 is 6.93. The van der Waals surface area contributed by atoms with E-state index < -0.39 is 0 Å². The summed E-state index contributed by atoms with van der Waals surface area (Å²) in [7, 11) is 0. The van der Waals surface area contributed by atoms with Gasteiger partial charge < -0.3 is 4.74 Å². The summed E-state index contributed by atoms with van der Waals surface area (Å²) in [5.41, 5.74) is 0. The number of nitrogens with zero attached hydrogens (tertiary/aromatic N) is 1. The predicted molar refractivity (Wildman–Crippen MR) is 70.3 cm³/mol. The van der Waals surface area contributed by atoms with Gasteiger partial charge in [-0.1, -0.05) is 6.07 Å². The van der Waals surface area contributed by atoms with Crippen molar-refractivity contribution in [3.05, 3.63) is 27.8 Å². The van der Waals surface area contributed by atoms with Crippen LogP contribution in [0.25, 0.3) is 0 Å². The van der Waals surface area contributed by atoms with Gasteiger partial charge in [-0.3, -0.25) is 4.90 Å². The van der Waals surface area contributed by atoms with Crippen LogP contribution >= 0.6 is 22.6 Å². The topological polar surface area (TPSA) is 12.5 Å². The molecule has 15 heavy (non-hydrogen) atoms. The van der Waals surface area contributed by atoms with Crippen molar-refractivity contribution in [2.24, 2.45) is 0 Å². The van der Waals surface area contributed by atoms with Gasteiger partial charge in [0.15, 0.2) is 0 Å². The lowest BCUT2D eigenvalue weighted by molar-refractivity contribution is 0.237. The van der Waals surface area contributed by atoms with E-state index in [1.807, 2.05) is 12.1 Å². The van der Waals surface area contributed by atoms with Crippen molar-refractivity contribution in [1.82, 2.24) is 4.90 Å². The summed E-state index contributed by atoms with van der Waals surface area (Å²) in [5, 5.41) is 0. The molecular formula is C12H16INO.